The fourth-order valence-electron chi connectivity index (χ4n) is 1.78. The first-order valence-corrected chi connectivity index (χ1v) is 7.81. The molecule has 8 heteroatoms. The van der Waals surface area contributed by atoms with Crippen LogP contribution < -0.4 is 10.6 Å². The van der Waals surface area contributed by atoms with E-state index in [4.69, 9.17) is 0 Å². The summed E-state index contributed by atoms with van der Waals surface area (Å²) in [5.74, 6) is 1.24. The van der Waals surface area contributed by atoms with Gasteiger partial charge in [0.2, 0.25) is 5.91 Å². The monoisotopic (exact) mass is 368 g/mol. The molecule has 0 radical (unpaired) electrons. The number of halogens is 4. The van der Waals surface area contributed by atoms with Crippen molar-refractivity contribution in [2.45, 2.75) is 12.2 Å². The summed E-state index contributed by atoms with van der Waals surface area (Å²) in [6.45, 7) is 0.719. The van der Waals surface area contributed by atoms with Crippen LogP contribution in [0.1, 0.15) is 5.56 Å². The molecular formula is C12H12BrF3N2OS. The number of thioether (sulfide) groups is 1. The SMILES string of the molecule is O=C(Nc1ccc(Br)c(C(F)(F)F)c1)C1CSCCN1. The van der Waals surface area contributed by atoms with Crippen molar-refractivity contribution >= 4 is 39.3 Å². The normalized spacial score (nSPS) is 19.7. The molecule has 1 atom stereocenters. The van der Waals surface area contributed by atoms with Crippen molar-refractivity contribution in [3.05, 3.63) is 28.2 Å². The highest BCUT2D eigenvalue weighted by atomic mass is 79.9. The standard InChI is InChI=1S/C12H12BrF3N2OS/c13-9-2-1-7(5-8(9)12(14,15)16)18-11(19)10-6-20-4-3-17-10/h1-2,5,10,17H,3-4,6H2,(H,18,19). The molecule has 1 amide bonds. The Labute approximate surface area is 126 Å². The molecule has 1 fully saturated rings. The number of nitrogens with one attached hydrogen (secondary N) is 2. The maximum atomic E-state index is 12.8. The van der Waals surface area contributed by atoms with Crippen molar-refractivity contribution in [3.8, 4) is 0 Å². The molecule has 20 heavy (non-hydrogen) atoms. The van der Waals surface area contributed by atoms with Crippen molar-refractivity contribution in [1.82, 2.24) is 5.32 Å². The van der Waals surface area contributed by atoms with Crippen molar-refractivity contribution in [3.63, 3.8) is 0 Å². The van der Waals surface area contributed by atoms with Crippen LogP contribution in [-0.4, -0.2) is 30.0 Å². The van der Waals surface area contributed by atoms with E-state index < -0.39 is 11.7 Å². The van der Waals surface area contributed by atoms with Gasteiger partial charge in [0.15, 0.2) is 0 Å². The number of hydrogen-bond acceptors (Lipinski definition) is 3. The van der Waals surface area contributed by atoms with Crippen LogP contribution in [0.15, 0.2) is 22.7 Å². The second-order valence-corrected chi connectivity index (χ2v) is 6.27. The Morgan fingerprint density at radius 2 is 2.20 bits per heavy atom. The number of benzene rings is 1. The molecule has 1 aliphatic heterocycles. The molecule has 1 aromatic rings. The van der Waals surface area contributed by atoms with Gasteiger partial charge in [-0.25, -0.2) is 0 Å². The molecule has 1 heterocycles. The maximum Gasteiger partial charge on any atom is 0.417 e. The number of rotatable bonds is 2. The Bertz CT molecular complexity index is 504. The summed E-state index contributed by atoms with van der Waals surface area (Å²) in [6, 6.07) is 3.28. The van der Waals surface area contributed by atoms with Crippen LogP contribution in [0.5, 0.6) is 0 Å². The molecular weight excluding hydrogens is 357 g/mol. The number of anilines is 1. The molecule has 2 rings (SSSR count). The first-order valence-electron chi connectivity index (χ1n) is 5.86. The molecule has 0 spiro atoms. The molecule has 0 aromatic heterocycles. The smallest absolute Gasteiger partial charge is 0.325 e. The molecule has 110 valence electrons. The van der Waals surface area contributed by atoms with Gasteiger partial charge >= 0.3 is 6.18 Å². The van der Waals surface area contributed by atoms with Gasteiger partial charge in [0.25, 0.3) is 0 Å². The fraction of sp³-hybridized carbons (Fsp3) is 0.417. The number of carbonyl (C=O) groups excluding carboxylic acids is 1. The minimum atomic E-state index is -4.46. The van der Waals surface area contributed by atoms with Gasteiger partial charge in [-0.1, -0.05) is 15.9 Å². The van der Waals surface area contributed by atoms with Gasteiger partial charge in [0.1, 0.15) is 0 Å². The van der Waals surface area contributed by atoms with Gasteiger partial charge in [0, 0.05) is 28.2 Å². The highest BCUT2D eigenvalue weighted by Gasteiger charge is 2.33. The van der Waals surface area contributed by atoms with Crippen LogP contribution in [0, 0.1) is 0 Å². The van der Waals surface area contributed by atoms with E-state index in [1.807, 2.05) is 0 Å². The van der Waals surface area contributed by atoms with Crippen molar-refractivity contribution in [2.24, 2.45) is 0 Å². The van der Waals surface area contributed by atoms with Crippen LogP contribution in [0.3, 0.4) is 0 Å². The lowest BCUT2D eigenvalue weighted by atomic mass is 10.2. The second kappa shape index (κ2) is 6.36. The van der Waals surface area contributed by atoms with E-state index >= 15 is 0 Å². The molecule has 3 nitrogen and oxygen atoms in total. The van der Waals surface area contributed by atoms with E-state index in [2.05, 4.69) is 26.6 Å². The average Bonchev–Trinajstić information content (AvgIpc) is 2.40. The molecule has 1 saturated heterocycles. The summed E-state index contributed by atoms with van der Waals surface area (Å²) >= 11 is 4.50. The third-order valence-corrected chi connectivity index (χ3v) is 4.53. The van der Waals surface area contributed by atoms with Gasteiger partial charge in [-0.2, -0.15) is 24.9 Å². The molecule has 1 aliphatic rings. The lowest BCUT2D eigenvalue weighted by Crippen LogP contribution is -2.46. The highest BCUT2D eigenvalue weighted by molar-refractivity contribution is 9.10. The third kappa shape index (κ3) is 3.89. The van der Waals surface area contributed by atoms with Gasteiger partial charge < -0.3 is 10.6 Å². The molecule has 1 aromatic carbocycles. The summed E-state index contributed by atoms with van der Waals surface area (Å²) in [4.78, 5) is 11.9. The van der Waals surface area contributed by atoms with Crippen LogP contribution in [0.25, 0.3) is 0 Å². The van der Waals surface area contributed by atoms with Gasteiger partial charge in [0.05, 0.1) is 11.6 Å². The predicted molar refractivity (Wildman–Crippen MR) is 76.9 cm³/mol. The Morgan fingerprint density at radius 3 is 2.80 bits per heavy atom. The predicted octanol–water partition coefficient (Wildman–Crippen LogP) is 3.11. The van der Waals surface area contributed by atoms with Gasteiger partial charge in [-0.15, -0.1) is 0 Å². The quantitative estimate of drug-likeness (QED) is 0.842. The van der Waals surface area contributed by atoms with E-state index in [-0.39, 0.29) is 22.1 Å². The zero-order valence-corrected chi connectivity index (χ0v) is 12.7. The van der Waals surface area contributed by atoms with Crippen LogP contribution >= 0.6 is 27.7 Å². The lowest BCUT2D eigenvalue weighted by Gasteiger charge is -2.22. The van der Waals surface area contributed by atoms with Crippen molar-refractivity contribution < 1.29 is 18.0 Å². The van der Waals surface area contributed by atoms with Crippen LogP contribution in [0.4, 0.5) is 18.9 Å². The minimum Gasteiger partial charge on any atom is -0.325 e. The number of amides is 1. The topological polar surface area (TPSA) is 41.1 Å². The van der Waals surface area contributed by atoms with Gasteiger partial charge in [-0.05, 0) is 18.2 Å². The van der Waals surface area contributed by atoms with Crippen molar-refractivity contribution in [1.29, 1.82) is 0 Å². The summed E-state index contributed by atoms with van der Waals surface area (Å²) in [6.07, 6.45) is -4.46. The maximum absolute atomic E-state index is 12.8. The molecule has 1 unspecified atom stereocenters. The minimum absolute atomic E-state index is 0.0469. The zero-order valence-electron chi connectivity index (χ0n) is 10.3. The van der Waals surface area contributed by atoms with Crippen LogP contribution in [-0.2, 0) is 11.0 Å². The number of alkyl halides is 3. The molecule has 0 saturated carbocycles. The van der Waals surface area contributed by atoms with Gasteiger partial charge in [-0.3, -0.25) is 4.79 Å². The fourth-order valence-corrected chi connectivity index (χ4v) is 3.19. The summed E-state index contributed by atoms with van der Waals surface area (Å²) < 4.78 is 38.2. The van der Waals surface area contributed by atoms with E-state index in [0.29, 0.717) is 5.75 Å². The first-order chi connectivity index (χ1) is 9.38. The highest BCUT2D eigenvalue weighted by Crippen LogP contribution is 2.36. The Morgan fingerprint density at radius 1 is 1.45 bits per heavy atom. The Kier molecular flexibility index (Phi) is 4.98. The Balaban J connectivity index is 2.11. The summed E-state index contributed by atoms with van der Waals surface area (Å²) in [5, 5.41) is 5.55. The molecule has 0 aliphatic carbocycles. The number of carbonyl (C=O) groups is 1. The van der Waals surface area contributed by atoms with Crippen LogP contribution in [0.2, 0.25) is 0 Å². The molecule has 0 bridgehead atoms. The van der Waals surface area contributed by atoms with E-state index in [9.17, 15) is 18.0 Å². The number of hydrogen-bond donors (Lipinski definition) is 2. The third-order valence-electron chi connectivity index (χ3n) is 2.78. The summed E-state index contributed by atoms with van der Waals surface area (Å²) in [7, 11) is 0. The van der Waals surface area contributed by atoms with E-state index in [0.717, 1.165) is 18.4 Å². The average molecular weight is 369 g/mol. The second-order valence-electron chi connectivity index (χ2n) is 4.26. The summed E-state index contributed by atoms with van der Waals surface area (Å²) in [5.41, 5.74) is -0.663. The van der Waals surface area contributed by atoms with E-state index in [1.54, 1.807) is 11.8 Å². The first kappa shape index (κ1) is 15.7. The zero-order chi connectivity index (χ0) is 14.8. The van der Waals surface area contributed by atoms with Crippen molar-refractivity contribution in [2.75, 3.05) is 23.4 Å². The Hall–Kier alpha value is -0.730. The van der Waals surface area contributed by atoms with E-state index in [1.165, 1.54) is 12.1 Å². The molecule has 2 N–H and O–H groups in total. The lowest BCUT2D eigenvalue weighted by molar-refractivity contribution is -0.138. The largest absolute Gasteiger partial charge is 0.417 e.